The summed E-state index contributed by atoms with van der Waals surface area (Å²) in [5.74, 6) is -0.169. The van der Waals surface area contributed by atoms with Crippen LogP contribution in [-0.4, -0.2) is 42.0 Å². The number of hydrogen-bond acceptors (Lipinski definition) is 3. The van der Waals surface area contributed by atoms with Gasteiger partial charge in [-0.15, -0.1) is 0 Å². The van der Waals surface area contributed by atoms with Crippen LogP contribution in [0.5, 0.6) is 0 Å². The SMILES string of the molecule is CCN(CC)CCCNC(=O)c1cc(Cl)ccn1. The van der Waals surface area contributed by atoms with Crippen molar-refractivity contribution in [3.05, 3.63) is 29.0 Å². The van der Waals surface area contributed by atoms with E-state index in [0.717, 1.165) is 26.1 Å². The fourth-order valence-corrected chi connectivity index (χ4v) is 1.82. The predicted molar refractivity (Wildman–Crippen MR) is 74.0 cm³/mol. The van der Waals surface area contributed by atoms with Crippen LogP contribution in [0.25, 0.3) is 0 Å². The average molecular weight is 270 g/mol. The number of amides is 1. The third kappa shape index (κ3) is 5.02. The molecule has 1 aromatic heterocycles. The Morgan fingerprint density at radius 1 is 1.44 bits per heavy atom. The van der Waals surface area contributed by atoms with Crippen LogP contribution in [0, 0.1) is 0 Å². The number of nitrogens with zero attached hydrogens (tertiary/aromatic N) is 2. The van der Waals surface area contributed by atoms with Gasteiger partial charge in [0, 0.05) is 17.8 Å². The van der Waals surface area contributed by atoms with E-state index in [4.69, 9.17) is 11.6 Å². The molecule has 0 saturated heterocycles. The van der Waals surface area contributed by atoms with Crippen LogP contribution >= 0.6 is 11.6 Å². The predicted octanol–water partition coefficient (Wildman–Crippen LogP) is 2.20. The van der Waals surface area contributed by atoms with Crippen molar-refractivity contribution in [1.29, 1.82) is 0 Å². The number of halogens is 1. The molecule has 0 fully saturated rings. The van der Waals surface area contributed by atoms with E-state index in [1.165, 1.54) is 6.20 Å². The Labute approximate surface area is 113 Å². The molecule has 0 aliphatic heterocycles. The first-order valence-electron chi connectivity index (χ1n) is 6.29. The van der Waals surface area contributed by atoms with Crippen LogP contribution in [0.3, 0.4) is 0 Å². The minimum atomic E-state index is -0.169. The van der Waals surface area contributed by atoms with Gasteiger partial charge in [-0.1, -0.05) is 25.4 Å². The normalized spacial score (nSPS) is 10.7. The molecule has 0 aromatic carbocycles. The molecule has 0 aliphatic carbocycles. The molecule has 1 amide bonds. The fraction of sp³-hybridized carbons (Fsp3) is 0.538. The van der Waals surface area contributed by atoms with Crippen LogP contribution in [0.1, 0.15) is 30.8 Å². The highest BCUT2D eigenvalue weighted by atomic mass is 35.5. The van der Waals surface area contributed by atoms with E-state index in [2.05, 4.69) is 29.0 Å². The zero-order valence-corrected chi connectivity index (χ0v) is 11.7. The molecule has 0 aliphatic rings. The monoisotopic (exact) mass is 269 g/mol. The molecule has 1 aromatic rings. The van der Waals surface area contributed by atoms with Gasteiger partial charge in [-0.2, -0.15) is 0 Å². The quantitative estimate of drug-likeness (QED) is 0.772. The van der Waals surface area contributed by atoms with Crippen LogP contribution in [0.15, 0.2) is 18.3 Å². The van der Waals surface area contributed by atoms with Crippen molar-refractivity contribution in [2.45, 2.75) is 20.3 Å². The van der Waals surface area contributed by atoms with Crippen LogP contribution in [0.2, 0.25) is 5.02 Å². The molecule has 0 bridgehead atoms. The van der Waals surface area contributed by atoms with E-state index in [0.29, 0.717) is 17.3 Å². The first-order valence-corrected chi connectivity index (χ1v) is 6.67. The highest BCUT2D eigenvalue weighted by Gasteiger charge is 2.06. The summed E-state index contributed by atoms with van der Waals surface area (Å²) in [5, 5.41) is 3.37. The fourth-order valence-electron chi connectivity index (χ4n) is 1.66. The van der Waals surface area contributed by atoms with Gasteiger partial charge in [0.15, 0.2) is 0 Å². The summed E-state index contributed by atoms with van der Waals surface area (Å²) in [6.07, 6.45) is 2.47. The van der Waals surface area contributed by atoms with E-state index in [1.807, 2.05) is 0 Å². The molecule has 1 N–H and O–H groups in total. The maximum Gasteiger partial charge on any atom is 0.269 e. The van der Waals surface area contributed by atoms with Crippen molar-refractivity contribution in [3.8, 4) is 0 Å². The van der Waals surface area contributed by atoms with E-state index in [1.54, 1.807) is 12.1 Å². The lowest BCUT2D eigenvalue weighted by Crippen LogP contribution is -2.30. The second kappa shape index (κ2) is 8.06. The number of rotatable bonds is 7. The Morgan fingerprint density at radius 2 is 2.17 bits per heavy atom. The lowest BCUT2D eigenvalue weighted by Gasteiger charge is -2.17. The molecular formula is C13H20ClN3O. The Hall–Kier alpha value is -1.13. The highest BCUT2D eigenvalue weighted by Crippen LogP contribution is 2.07. The summed E-state index contributed by atoms with van der Waals surface area (Å²) in [6.45, 7) is 8.01. The summed E-state index contributed by atoms with van der Waals surface area (Å²) in [7, 11) is 0. The largest absolute Gasteiger partial charge is 0.351 e. The molecule has 1 rings (SSSR count). The second-order valence-electron chi connectivity index (χ2n) is 4.00. The summed E-state index contributed by atoms with van der Waals surface area (Å²) < 4.78 is 0. The first kappa shape index (κ1) is 14.9. The van der Waals surface area contributed by atoms with Gasteiger partial charge < -0.3 is 10.2 Å². The van der Waals surface area contributed by atoms with Gasteiger partial charge in [0.05, 0.1) is 0 Å². The lowest BCUT2D eigenvalue weighted by atomic mass is 10.3. The van der Waals surface area contributed by atoms with Gasteiger partial charge in [0.1, 0.15) is 5.69 Å². The number of nitrogens with one attached hydrogen (secondary N) is 1. The topological polar surface area (TPSA) is 45.2 Å². The van der Waals surface area contributed by atoms with Crippen molar-refractivity contribution in [2.24, 2.45) is 0 Å². The molecule has 4 nitrogen and oxygen atoms in total. The van der Waals surface area contributed by atoms with Gasteiger partial charge in [0.2, 0.25) is 0 Å². The van der Waals surface area contributed by atoms with E-state index >= 15 is 0 Å². The molecule has 0 radical (unpaired) electrons. The van der Waals surface area contributed by atoms with Crippen LogP contribution < -0.4 is 5.32 Å². The number of carbonyl (C=O) groups is 1. The number of hydrogen-bond donors (Lipinski definition) is 1. The second-order valence-corrected chi connectivity index (χ2v) is 4.43. The minimum absolute atomic E-state index is 0.169. The average Bonchev–Trinajstić information content (AvgIpc) is 2.38. The van der Waals surface area contributed by atoms with Gasteiger partial charge in [-0.05, 0) is 38.2 Å². The highest BCUT2D eigenvalue weighted by molar-refractivity contribution is 6.30. The molecule has 0 atom stereocenters. The maximum atomic E-state index is 11.7. The molecule has 1 heterocycles. The third-order valence-corrected chi connectivity index (χ3v) is 3.02. The third-order valence-electron chi connectivity index (χ3n) is 2.79. The zero-order valence-electron chi connectivity index (χ0n) is 10.9. The Bertz CT molecular complexity index is 380. The standard InChI is InChI=1S/C13H20ClN3O/c1-3-17(4-2)9-5-7-16-13(18)12-10-11(14)6-8-15-12/h6,8,10H,3-5,7,9H2,1-2H3,(H,16,18). The van der Waals surface area contributed by atoms with Gasteiger partial charge >= 0.3 is 0 Å². The first-order chi connectivity index (χ1) is 8.67. The van der Waals surface area contributed by atoms with Gasteiger partial charge in [-0.3, -0.25) is 9.78 Å². The number of pyridine rings is 1. The summed E-state index contributed by atoms with van der Waals surface area (Å²) >= 11 is 5.80. The Kier molecular flexibility index (Phi) is 6.68. The minimum Gasteiger partial charge on any atom is -0.351 e. The van der Waals surface area contributed by atoms with Gasteiger partial charge in [-0.25, -0.2) is 0 Å². The van der Waals surface area contributed by atoms with Crippen LogP contribution in [0.4, 0.5) is 0 Å². The molecule has 100 valence electrons. The Morgan fingerprint density at radius 3 is 2.78 bits per heavy atom. The maximum absolute atomic E-state index is 11.7. The van der Waals surface area contributed by atoms with Crippen molar-refractivity contribution < 1.29 is 4.79 Å². The van der Waals surface area contributed by atoms with E-state index in [-0.39, 0.29) is 5.91 Å². The molecule has 0 saturated carbocycles. The molecule has 0 spiro atoms. The summed E-state index contributed by atoms with van der Waals surface area (Å²) in [5.41, 5.74) is 0.366. The summed E-state index contributed by atoms with van der Waals surface area (Å²) in [6, 6.07) is 3.22. The molecular weight excluding hydrogens is 250 g/mol. The lowest BCUT2D eigenvalue weighted by molar-refractivity contribution is 0.0947. The van der Waals surface area contributed by atoms with E-state index < -0.39 is 0 Å². The number of carbonyl (C=O) groups excluding carboxylic acids is 1. The molecule has 5 heteroatoms. The molecule has 0 unspecified atom stereocenters. The van der Waals surface area contributed by atoms with Crippen molar-refractivity contribution >= 4 is 17.5 Å². The molecule has 18 heavy (non-hydrogen) atoms. The zero-order chi connectivity index (χ0) is 13.4. The van der Waals surface area contributed by atoms with Crippen molar-refractivity contribution in [3.63, 3.8) is 0 Å². The van der Waals surface area contributed by atoms with Crippen LogP contribution in [-0.2, 0) is 0 Å². The summed E-state index contributed by atoms with van der Waals surface area (Å²) in [4.78, 5) is 18.0. The van der Waals surface area contributed by atoms with E-state index in [9.17, 15) is 4.79 Å². The van der Waals surface area contributed by atoms with Crippen molar-refractivity contribution in [1.82, 2.24) is 15.2 Å². The smallest absolute Gasteiger partial charge is 0.269 e. The van der Waals surface area contributed by atoms with Crippen molar-refractivity contribution in [2.75, 3.05) is 26.2 Å². The van der Waals surface area contributed by atoms with Gasteiger partial charge in [0.25, 0.3) is 5.91 Å². The number of aromatic nitrogens is 1. The Balaban J connectivity index is 2.29.